The molecule has 1 heterocycles. The largest absolute Gasteiger partial charge is 0.493 e. The lowest BCUT2D eigenvalue weighted by molar-refractivity contribution is -0.121. The van der Waals surface area contributed by atoms with Crippen LogP contribution in [0.25, 0.3) is 0 Å². The van der Waals surface area contributed by atoms with E-state index in [0.29, 0.717) is 19.6 Å². The van der Waals surface area contributed by atoms with Crippen LogP contribution in [-0.4, -0.2) is 32.1 Å². The number of amides is 1. The molecule has 0 unspecified atom stereocenters. The molecule has 1 aliphatic heterocycles. The summed E-state index contributed by atoms with van der Waals surface area (Å²) in [6.45, 7) is 7.40. The molecule has 1 aliphatic rings. The second-order valence-corrected chi connectivity index (χ2v) is 6.17. The van der Waals surface area contributed by atoms with Crippen molar-refractivity contribution >= 4 is 5.91 Å². The van der Waals surface area contributed by atoms with Crippen molar-refractivity contribution in [3.05, 3.63) is 41.0 Å². The predicted molar refractivity (Wildman–Crippen MR) is 93.8 cm³/mol. The summed E-state index contributed by atoms with van der Waals surface area (Å²) in [7, 11) is 0. The Morgan fingerprint density at radius 3 is 2.96 bits per heavy atom. The molecular formula is C19H28N2O2. The molecule has 2 rings (SSSR count). The summed E-state index contributed by atoms with van der Waals surface area (Å²) in [6.07, 6.45) is 5.53. The lowest BCUT2D eigenvalue weighted by atomic mass is 10.1. The number of benzene rings is 1. The van der Waals surface area contributed by atoms with Gasteiger partial charge < -0.3 is 15.4 Å². The van der Waals surface area contributed by atoms with Gasteiger partial charge in [-0.2, -0.15) is 0 Å². The van der Waals surface area contributed by atoms with Crippen LogP contribution in [0.1, 0.15) is 36.8 Å². The van der Waals surface area contributed by atoms with Gasteiger partial charge in [-0.3, -0.25) is 4.79 Å². The van der Waals surface area contributed by atoms with Crippen molar-refractivity contribution in [2.75, 3.05) is 26.2 Å². The van der Waals surface area contributed by atoms with Gasteiger partial charge >= 0.3 is 0 Å². The van der Waals surface area contributed by atoms with Crippen molar-refractivity contribution in [2.24, 2.45) is 0 Å². The molecule has 1 aromatic carbocycles. The SMILES string of the molecule is Cc1ccc(C)c(OCCCCC(=O)NCC2=CCNCC2)c1. The minimum absolute atomic E-state index is 0.135. The van der Waals surface area contributed by atoms with Crippen LogP contribution in [-0.2, 0) is 4.79 Å². The van der Waals surface area contributed by atoms with E-state index in [2.05, 4.69) is 48.8 Å². The van der Waals surface area contributed by atoms with Gasteiger partial charge in [-0.05, 0) is 56.8 Å². The second-order valence-electron chi connectivity index (χ2n) is 6.17. The number of hydrogen-bond donors (Lipinski definition) is 2. The third kappa shape index (κ3) is 6.45. The fourth-order valence-corrected chi connectivity index (χ4v) is 2.56. The smallest absolute Gasteiger partial charge is 0.220 e. The summed E-state index contributed by atoms with van der Waals surface area (Å²) < 4.78 is 5.81. The number of hydrogen-bond acceptors (Lipinski definition) is 3. The molecule has 1 aromatic rings. The average molecular weight is 316 g/mol. The lowest BCUT2D eigenvalue weighted by Gasteiger charge is -2.14. The van der Waals surface area contributed by atoms with E-state index in [1.165, 1.54) is 11.1 Å². The topological polar surface area (TPSA) is 50.4 Å². The molecule has 4 nitrogen and oxygen atoms in total. The van der Waals surface area contributed by atoms with E-state index in [1.54, 1.807) is 0 Å². The normalized spacial score (nSPS) is 14.3. The van der Waals surface area contributed by atoms with Gasteiger partial charge in [0.05, 0.1) is 6.61 Å². The van der Waals surface area contributed by atoms with Crippen molar-refractivity contribution < 1.29 is 9.53 Å². The Balaban J connectivity index is 1.57. The molecule has 126 valence electrons. The van der Waals surface area contributed by atoms with Gasteiger partial charge in [0, 0.05) is 19.5 Å². The van der Waals surface area contributed by atoms with E-state index < -0.39 is 0 Å². The zero-order valence-electron chi connectivity index (χ0n) is 14.3. The zero-order chi connectivity index (χ0) is 16.5. The summed E-state index contributed by atoms with van der Waals surface area (Å²) in [5.74, 6) is 1.09. The van der Waals surface area contributed by atoms with Crippen LogP contribution < -0.4 is 15.4 Å². The molecule has 0 bridgehead atoms. The van der Waals surface area contributed by atoms with Gasteiger partial charge in [-0.15, -0.1) is 0 Å². The number of ether oxygens (including phenoxy) is 1. The maximum atomic E-state index is 11.8. The summed E-state index contributed by atoms with van der Waals surface area (Å²) >= 11 is 0. The first-order valence-electron chi connectivity index (χ1n) is 8.50. The molecule has 1 amide bonds. The highest BCUT2D eigenvalue weighted by Gasteiger charge is 2.06. The fourth-order valence-electron chi connectivity index (χ4n) is 2.56. The van der Waals surface area contributed by atoms with E-state index in [4.69, 9.17) is 4.74 Å². The van der Waals surface area contributed by atoms with Crippen molar-refractivity contribution in [3.63, 3.8) is 0 Å². The van der Waals surface area contributed by atoms with Crippen LogP contribution in [0.4, 0.5) is 0 Å². The van der Waals surface area contributed by atoms with Crippen molar-refractivity contribution in [2.45, 2.75) is 39.5 Å². The number of carbonyl (C=O) groups is 1. The molecule has 23 heavy (non-hydrogen) atoms. The molecule has 2 N–H and O–H groups in total. The number of unbranched alkanes of at least 4 members (excludes halogenated alkanes) is 1. The molecule has 0 aromatic heterocycles. The highest BCUT2D eigenvalue weighted by Crippen LogP contribution is 2.19. The average Bonchev–Trinajstić information content (AvgIpc) is 2.56. The summed E-state index contributed by atoms with van der Waals surface area (Å²) in [4.78, 5) is 11.8. The van der Waals surface area contributed by atoms with Crippen molar-refractivity contribution in [1.29, 1.82) is 0 Å². The van der Waals surface area contributed by atoms with Crippen molar-refractivity contribution in [3.8, 4) is 5.75 Å². The van der Waals surface area contributed by atoms with E-state index in [1.807, 2.05) is 0 Å². The van der Waals surface area contributed by atoms with Crippen LogP contribution in [0.3, 0.4) is 0 Å². The number of aryl methyl sites for hydroxylation is 2. The standard InChI is InChI=1S/C19H28N2O2/c1-15-6-7-16(2)18(13-15)23-12-4-3-5-19(22)21-14-17-8-10-20-11-9-17/h6-8,13,20H,3-5,9-12,14H2,1-2H3,(H,21,22). The van der Waals surface area contributed by atoms with Gasteiger partial charge in [0.2, 0.25) is 5.91 Å². The van der Waals surface area contributed by atoms with Crippen LogP contribution in [0.15, 0.2) is 29.8 Å². The second kappa shape index (κ2) is 9.36. The molecule has 0 aliphatic carbocycles. The molecule has 0 saturated heterocycles. The quantitative estimate of drug-likeness (QED) is 0.573. The van der Waals surface area contributed by atoms with E-state index in [9.17, 15) is 4.79 Å². The van der Waals surface area contributed by atoms with Crippen LogP contribution in [0, 0.1) is 13.8 Å². The molecule has 0 spiro atoms. The minimum atomic E-state index is 0.135. The van der Waals surface area contributed by atoms with Gasteiger partial charge in [0.15, 0.2) is 0 Å². The highest BCUT2D eigenvalue weighted by atomic mass is 16.5. The Morgan fingerprint density at radius 1 is 1.30 bits per heavy atom. The molecular weight excluding hydrogens is 288 g/mol. The Morgan fingerprint density at radius 2 is 2.17 bits per heavy atom. The number of carbonyl (C=O) groups excluding carboxylic acids is 1. The monoisotopic (exact) mass is 316 g/mol. The third-order valence-electron chi connectivity index (χ3n) is 4.07. The molecule has 0 atom stereocenters. The predicted octanol–water partition coefficient (Wildman–Crippen LogP) is 2.89. The van der Waals surface area contributed by atoms with E-state index >= 15 is 0 Å². The minimum Gasteiger partial charge on any atom is -0.493 e. The first kappa shape index (κ1) is 17.5. The highest BCUT2D eigenvalue weighted by molar-refractivity contribution is 5.76. The number of nitrogens with one attached hydrogen (secondary N) is 2. The zero-order valence-corrected chi connectivity index (χ0v) is 14.3. The molecule has 0 radical (unpaired) electrons. The Hall–Kier alpha value is -1.81. The van der Waals surface area contributed by atoms with Gasteiger partial charge in [0.1, 0.15) is 5.75 Å². The van der Waals surface area contributed by atoms with Crippen LogP contribution >= 0.6 is 0 Å². The van der Waals surface area contributed by atoms with E-state index in [-0.39, 0.29) is 5.91 Å². The Labute approximate surface area is 139 Å². The van der Waals surface area contributed by atoms with Gasteiger partial charge in [-0.25, -0.2) is 0 Å². The fraction of sp³-hybridized carbons (Fsp3) is 0.526. The molecule has 0 fully saturated rings. The molecule has 0 saturated carbocycles. The third-order valence-corrected chi connectivity index (χ3v) is 4.07. The summed E-state index contributed by atoms with van der Waals surface area (Å²) in [5.41, 5.74) is 3.69. The Kier molecular flexibility index (Phi) is 7.14. The van der Waals surface area contributed by atoms with Gasteiger partial charge in [-0.1, -0.05) is 23.8 Å². The summed E-state index contributed by atoms with van der Waals surface area (Å²) in [5, 5.41) is 6.27. The summed E-state index contributed by atoms with van der Waals surface area (Å²) in [6, 6.07) is 6.23. The maximum Gasteiger partial charge on any atom is 0.220 e. The van der Waals surface area contributed by atoms with Crippen molar-refractivity contribution in [1.82, 2.24) is 10.6 Å². The molecule has 4 heteroatoms. The first-order valence-corrected chi connectivity index (χ1v) is 8.50. The van der Waals surface area contributed by atoms with Gasteiger partial charge in [0.25, 0.3) is 0 Å². The van der Waals surface area contributed by atoms with Crippen LogP contribution in [0.5, 0.6) is 5.75 Å². The number of rotatable bonds is 8. The van der Waals surface area contributed by atoms with E-state index in [0.717, 1.165) is 43.7 Å². The van der Waals surface area contributed by atoms with Crippen LogP contribution in [0.2, 0.25) is 0 Å². The Bertz CT molecular complexity index is 552. The maximum absolute atomic E-state index is 11.8. The first-order chi connectivity index (χ1) is 11.1. The lowest BCUT2D eigenvalue weighted by Crippen LogP contribution is -2.29.